The van der Waals surface area contributed by atoms with Crippen LogP contribution in [0.15, 0.2) is 48.1 Å². The second kappa shape index (κ2) is 11.5. The highest BCUT2D eigenvalue weighted by atomic mass is 15.2. The maximum atomic E-state index is 2.73. The predicted molar refractivity (Wildman–Crippen MR) is 136 cm³/mol. The average molecular weight is 423 g/mol. The van der Waals surface area contributed by atoms with Crippen molar-refractivity contribution in [3.8, 4) is 0 Å². The van der Waals surface area contributed by atoms with Gasteiger partial charge in [0.2, 0.25) is 0 Å². The van der Waals surface area contributed by atoms with E-state index in [1.807, 2.05) is 0 Å². The molecule has 1 aromatic carbocycles. The van der Waals surface area contributed by atoms with E-state index in [1.165, 1.54) is 76.0 Å². The van der Waals surface area contributed by atoms with Crippen LogP contribution in [0, 0.1) is 11.3 Å². The lowest BCUT2D eigenvalue weighted by Crippen LogP contribution is -2.47. The van der Waals surface area contributed by atoms with Crippen molar-refractivity contribution in [3.05, 3.63) is 59.2 Å². The standard InChI is InChI=1S/C29H46N2/c1-6-7-11-24(2)25(3)22-26-12-14-27(15-13-26)28(29(4)16-9-8-10-17-29)23-31-20-18-30(5)19-21-31/h6-7,11-15,25,28H,8-10,16-23H2,1-5H3/b7-6-,24-11+/t25-,28?/m1/s1. The molecule has 2 aliphatic rings. The lowest BCUT2D eigenvalue weighted by Gasteiger charge is -2.44. The summed E-state index contributed by atoms with van der Waals surface area (Å²) >= 11 is 0. The Morgan fingerprint density at radius 3 is 2.29 bits per heavy atom. The third kappa shape index (κ3) is 6.80. The molecule has 3 rings (SSSR count). The Kier molecular flexibility index (Phi) is 8.98. The van der Waals surface area contributed by atoms with Crippen molar-refractivity contribution in [1.29, 1.82) is 0 Å². The molecule has 2 nitrogen and oxygen atoms in total. The van der Waals surface area contributed by atoms with Crippen molar-refractivity contribution in [2.45, 2.75) is 72.1 Å². The number of nitrogens with zero attached hydrogens (tertiary/aromatic N) is 2. The first-order valence-corrected chi connectivity index (χ1v) is 12.7. The third-order valence-corrected chi connectivity index (χ3v) is 8.13. The molecule has 0 aromatic heterocycles. The largest absolute Gasteiger partial charge is 0.304 e. The summed E-state index contributed by atoms with van der Waals surface area (Å²) in [5.74, 6) is 1.23. The van der Waals surface area contributed by atoms with Gasteiger partial charge in [0.25, 0.3) is 0 Å². The normalized spacial score (nSPS) is 23.2. The number of hydrogen-bond acceptors (Lipinski definition) is 2. The molecule has 0 spiro atoms. The molecule has 0 N–H and O–H groups in total. The maximum Gasteiger partial charge on any atom is 0.0110 e. The van der Waals surface area contributed by atoms with Gasteiger partial charge in [-0.15, -0.1) is 0 Å². The summed E-state index contributed by atoms with van der Waals surface area (Å²) in [6.07, 6.45) is 14.7. The van der Waals surface area contributed by atoms with Gasteiger partial charge >= 0.3 is 0 Å². The van der Waals surface area contributed by atoms with Crippen molar-refractivity contribution < 1.29 is 0 Å². The van der Waals surface area contributed by atoms with Crippen molar-refractivity contribution >= 4 is 0 Å². The van der Waals surface area contributed by atoms with Crippen LogP contribution < -0.4 is 0 Å². The molecule has 0 bridgehead atoms. The molecule has 1 aliphatic heterocycles. The molecular formula is C29H46N2. The van der Waals surface area contributed by atoms with Crippen LogP contribution in [0.25, 0.3) is 0 Å². The van der Waals surface area contributed by atoms with Gasteiger partial charge in [0.1, 0.15) is 0 Å². The van der Waals surface area contributed by atoms with Crippen molar-refractivity contribution in [2.75, 3.05) is 39.8 Å². The summed E-state index contributed by atoms with van der Waals surface area (Å²) in [4.78, 5) is 5.20. The number of allylic oxidation sites excluding steroid dienone is 4. The first-order valence-electron chi connectivity index (χ1n) is 12.7. The molecule has 1 heterocycles. The van der Waals surface area contributed by atoms with Crippen LogP contribution in [-0.2, 0) is 6.42 Å². The lowest BCUT2D eigenvalue weighted by molar-refractivity contribution is 0.0956. The van der Waals surface area contributed by atoms with Gasteiger partial charge in [-0.2, -0.15) is 0 Å². The summed E-state index contributed by atoms with van der Waals surface area (Å²) < 4.78 is 0. The van der Waals surface area contributed by atoms with E-state index >= 15 is 0 Å². The molecular weight excluding hydrogens is 376 g/mol. The average Bonchev–Trinajstić information content (AvgIpc) is 2.78. The Morgan fingerprint density at radius 1 is 1.03 bits per heavy atom. The minimum atomic E-state index is 0.447. The topological polar surface area (TPSA) is 6.48 Å². The van der Waals surface area contributed by atoms with Gasteiger partial charge in [0.05, 0.1) is 0 Å². The van der Waals surface area contributed by atoms with Gasteiger partial charge in [-0.3, -0.25) is 0 Å². The fraction of sp³-hybridized carbons (Fsp3) is 0.655. The molecule has 1 saturated heterocycles. The maximum absolute atomic E-state index is 2.73. The van der Waals surface area contributed by atoms with E-state index in [0.29, 0.717) is 17.3 Å². The first-order chi connectivity index (χ1) is 14.9. The third-order valence-electron chi connectivity index (χ3n) is 8.13. The smallest absolute Gasteiger partial charge is 0.0110 e. The molecule has 1 aromatic rings. The van der Waals surface area contributed by atoms with Crippen LogP contribution in [0.1, 0.15) is 76.8 Å². The van der Waals surface area contributed by atoms with Crippen LogP contribution in [0.5, 0.6) is 0 Å². The van der Waals surface area contributed by atoms with Crippen molar-refractivity contribution in [1.82, 2.24) is 9.80 Å². The van der Waals surface area contributed by atoms with Gasteiger partial charge in [-0.05, 0) is 62.6 Å². The monoisotopic (exact) mass is 422 g/mol. The van der Waals surface area contributed by atoms with Gasteiger partial charge < -0.3 is 9.80 Å². The van der Waals surface area contributed by atoms with Crippen LogP contribution >= 0.6 is 0 Å². The zero-order valence-corrected chi connectivity index (χ0v) is 20.9. The Balaban J connectivity index is 1.74. The summed E-state index contributed by atoms with van der Waals surface area (Å²) in [5.41, 5.74) is 4.95. The summed E-state index contributed by atoms with van der Waals surface area (Å²) in [6, 6.07) is 9.76. The highest BCUT2D eigenvalue weighted by Crippen LogP contribution is 2.47. The molecule has 0 amide bonds. The molecule has 1 aliphatic carbocycles. The highest BCUT2D eigenvalue weighted by molar-refractivity contribution is 5.29. The second-order valence-corrected chi connectivity index (χ2v) is 10.7. The van der Waals surface area contributed by atoms with Crippen LogP contribution in [-0.4, -0.2) is 49.6 Å². The Morgan fingerprint density at radius 2 is 1.68 bits per heavy atom. The fourth-order valence-electron chi connectivity index (χ4n) is 5.54. The van der Waals surface area contributed by atoms with Crippen LogP contribution in [0.2, 0.25) is 0 Å². The molecule has 2 fully saturated rings. The van der Waals surface area contributed by atoms with E-state index in [4.69, 9.17) is 0 Å². The second-order valence-electron chi connectivity index (χ2n) is 10.7. The van der Waals surface area contributed by atoms with E-state index in [-0.39, 0.29) is 0 Å². The van der Waals surface area contributed by atoms with Gasteiger partial charge in [-0.25, -0.2) is 0 Å². The molecule has 31 heavy (non-hydrogen) atoms. The van der Waals surface area contributed by atoms with Crippen molar-refractivity contribution in [2.24, 2.45) is 11.3 Å². The fourth-order valence-corrected chi connectivity index (χ4v) is 5.54. The molecule has 1 saturated carbocycles. The Bertz CT molecular complexity index is 716. The van der Waals surface area contributed by atoms with E-state index in [1.54, 1.807) is 5.56 Å². The molecule has 2 atom stereocenters. The van der Waals surface area contributed by atoms with E-state index in [0.717, 1.165) is 6.42 Å². The van der Waals surface area contributed by atoms with Gasteiger partial charge in [-0.1, -0.05) is 81.2 Å². The minimum Gasteiger partial charge on any atom is -0.304 e. The molecule has 1 unspecified atom stereocenters. The Hall–Kier alpha value is -1.38. The summed E-state index contributed by atoms with van der Waals surface area (Å²) in [7, 11) is 2.26. The number of benzene rings is 1. The first kappa shape index (κ1) is 24.3. The van der Waals surface area contributed by atoms with Crippen LogP contribution in [0.4, 0.5) is 0 Å². The highest BCUT2D eigenvalue weighted by Gasteiger charge is 2.37. The molecule has 0 radical (unpaired) electrons. The Labute approximate surface area is 192 Å². The van der Waals surface area contributed by atoms with Crippen molar-refractivity contribution in [3.63, 3.8) is 0 Å². The number of likely N-dealkylation sites (N-methyl/N-ethyl adjacent to an activating group) is 1. The number of hydrogen-bond donors (Lipinski definition) is 0. The van der Waals surface area contributed by atoms with Gasteiger partial charge in [0.15, 0.2) is 0 Å². The summed E-state index contributed by atoms with van der Waals surface area (Å²) in [5, 5.41) is 0. The van der Waals surface area contributed by atoms with E-state index < -0.39 is 0 Å². The van der Waals surface area contributed by atoms with E-state index in [2.05, 4.69) is 87.0 Å². The quantitative estimate of drug-likeness (QED) is 0.431. The SMILES string of the molecule is C/C=C\C=C(/C)[C@H](C)Cc1ccc(C(CN2CCN(C)CC2)C2(C)CCCCC2)cc1. The summed E-state index contributed by atoms with van der Waals surface area (Å²) in [6.45, 7) is 15.4. The minimum absolute atomic E-state index is 0.447. The lowest BCUT2D eigenvalue weighted by atomic mass is 9.64. The van der Waals surface area contributed by atoms with E-state index in [9.17, 15) is 0 Å². The molecule has 172 valence electrons. The van der Waals surface area contributed by atoms with Gasteiger partial charge in [0, 0.05) is 38.6 Å². The molecule has 2 heteroatoms. The predicted octanol–water partition coefficient (Wildman–Crippen LogP) is 6.69. The zero-order chi connectivity index (χ0) is 22.3. The number of piperazine rings is 1. The number of rotatable bonds is 8. The van der Waals surface area contributed by atoms with Crippen LogP contribution in [0.3, 0.4) is 0 Å². The zero-order valence-electron chi connectivity index (χ0n) is 20.9.